The maximum absolute atomic E-state index is 13.0. The molecule has 0 saturated carbocycles. The van der Waals surface area contributed by atoms with Gasteiger partial charge in [0.05, 0.1) is 26.2 Å². The number of amides is 1. The van der Waals surface area contributed by atoms with Crippen molar-refractivity contribution in [2.45, 2.75) is 39.7 Å². The molecule has 1 amide bonds. The topological polar surface area (TPSA) is 84.9 Å². The molecule has 0 unspecified atom stereocenters. The van der Waals surface area contributed by atoms with Crippen LogP contribution >= 0.6 is 0 Å². The Morgan fingerprint density at radius 3 is 2.16 bits per heavy atom. The normalized spacial score (nSPS) is 12.2. The third-order valence-electron chi connectivity index (χ3n) is 4.95. The Balaban J connectivity index is 2.17. The molecule has 0 fully saturated rings. The highest BCUT2D eigenvalue weighted by atomic mass is 32.2. The molecule has 0 bridgehead atoms. The molecule has 0 aliphatic heterocycles. The number of ether oxygens (including phenoxy) is 2. The molecule has 8 heteroatoms. The van der Waals surface area contributed by atoms with Crippen molar-refractivity contribution in [1.82, 2.24) is 5.32 Å². The van der Waals surface area contributed by atoms with E-state index in [-0.39, 0.29) is 5.91 Å². The molecule has 0 aliphatic rings. The summed E-state index contributed by atoms with van der Waals surface area (Å²) in [7, 11) is -0.513. The number of hydrogen-bond acceptors (Lipinski definition) is 5. The minimum Gasteiger partial charge on any atom is -0.493 e. The zero-order valence-corrected chi connectivity index (χ0v) is 19.9. The van der Waals surface area contributed by atoms with Gasteiger partial charge in [-0.3, -0.25) is 9.10 Å². The summed E-state index contributed by atoms with van der Waals surface area (Å²) in [4.78, 5) is 13.0. The number of anilines is 1. The number of hydrogen-bond donors (Lipinski definition) is 1. The predicted octanol–water partition coefficient (Wildman–Crippen LogP) is 3.22. The number of sulfonamides is 1. The number of carbonyl (C=O) groups is 1. The molecule has 1 atom stereocenters. The van der Waals surface area contributed by atoms with Crippen LogP contribution in [-0.4, -0.2) is 47.4 Å². The third-order valence-corrected chi connectivity index (χ3v) is 6.13. The second-order valence-corrected chi connectivity index (χ2v) is 9.42. The molecule has 7 nitrogen and oxygen atoms in total. The van der Waals surface area contributed by atoms with Crippen molar-refractivity contribution in [2.75, 3.05) is 31.3 Å². The molecule has 2 rings (SSSR count). The van der Waals surface area contributed by atoms with Crippen LogP contribution in [0.2, 0.25) is 0 Å². The van der Waals surface area contributed by atoms with Crippen molar-refractivity contribution in [1.29, 1.82) is 0 Å². The Morgan fingerprint density at radius 1 is 1.03 bits per heavy atom. The Hall–Kier alpha value is -2.74. The van der Waals surface area contributed by atoms with E-state index < -0.39 is 16.1 Å². The van der Waals surface area contributed by atoms with Gasteiger partial charge in [0.25, 0.3) is 0 Å². The van der Waals surface area contributed by atoms with E-state index in [0.29, 0.717) is 36.6 Å². The van der Waals surface area contributed by atoms with E-state index in [2.05, 4.69) is 5.32 Å². The van der Waals surface area contributed by atoms with Crippen molar-refractivity contribution in [3.63, 3.8) is 0 Å². The maximum Gasteiger partial charge on any atom is 0.243 e. The molecule has 2 aromatic carbocycles. The smallest absolute Gasteiger partial charge is 0.243 e. The number of nitrogens with zero attached hydrogens (tertiary/aromatic N) is 1. The fraction of sp³-hybridized carbons (Fsp3) is 0.435. The Bertz CT molecular complexity index is 1000. The van der Waals surface area contributed by atoms with Crippen LogP contribution in [0, 0.1) is 13.8 Å². The fourth-order valence-corrected chi connectivity index (χ4v) is 4.82. The number of nitrogens with one attached hydrogen (secondary N) is 1. The fourth-order valence-electron chi connectivity index (χ4n) is 3.62. The maximum atomic E-state index is 13.0. The molecular weight excluding hydrogens is 416 g/mol. The van der Waals surface area contributed by atoms with Crippen LogP contribution in [0.25, 0.3) is 0 Å². The average Bonchev–Trinajstić information content (AvgIpc) is 2.69. The van der Waals surface area contributed by atoms with Gasteiger partial charge >= 0.3 is 0 Å². The molecule has 1 N–H and O–H groups in total. The van der Waals surface area contributed by atoms with Gasteiger partial charge in [0.1, 0.15) is 6.04 Å². The lowest BCUT2D eigenvalue weighted by Gasteiger charge is -2.30. The first kappa shape index (κ1) is 24.5. The van der Waals surface area contributed by atoms with E-state index in [1.807, 2.05) is 38.1 Å². The highest BCUT2D eigenvalue weighted by Crippen LogP contribution is 2.28. The number of benzene rings is 2. The van der Waals surface area contributed by atoms with Gasteiger partial charge in [-0.05, 0) is 67.6 Å². The lowest BCUT2D eigenvalue weighted by Crippen LogP contribution is -2.49. The van der Waals surface area contributed by atoms with Crippen LogP contribution in [0.4, 0.5) is 5.69 Å². The summed E-state index contributed by atoms with van der Waals surface area (Å²) in [6.45, 7) is 5.98. The minimum atomic E-state index is -3.66. The summed E-state index contributed by atoms with van der Waals surface area (Å²) in [5, 5.41) is 2.88. The van der Waals surface area contributed by atoms with E-state index in [1.165, 1.54) is 4.31 Å². The van der Waals surface area contributed by atoms with Gasteiger partial charge in [-0.15, -0.1) is 0 Å². The Labute approximate surface area is 185 Å². The first-order valence-electron chi connectivity index (χ1n) is 10.2. The first-order chi connectivity index (χ1) is 14.6. The van der Waals surface area contributed by atoms with E-state index >= 15 is 0 Å². The van der Waals surface area contributed by atoms with Crippen LogP contribution in [-0.2, 0) is 21.2 Å². The lowest BCUT2D eigenvalue weighted by atomic mass is 10.1. The van der Waals surface area contributed by atoms with Crippen LogP contribution in [0.15, 0.2) is 36.4 Å². The molecular formula is C23H32N2O5S. The van der Waals surface area contributed by atoms with E-state index in [4.69, 9.17) is 9.47 Å². The standard InChI is InChI=1S/C23H32N2O5S/c1-7-20(25(31(6,27)28)19-13-16(2)12-17(3)14-19)23(26)24-11-10-18-8-9-21(29-4)22(15-18)30-5/h8-9,12-15,20H,7,10-11H2,1-6H3,(H,24,26)/t20-/m1/s1. The molecule has 2 aromatic rings. The van der Waals surface area contributed by atoms with E-state index in [0.717, 1.165) is 22.9 Å². The predicted molar refractivity (Wildman–Crippen MR) is 124 cm³/mol. The summed E-state index contributed by atoms with van der Waals surface area (Å²) in [5.41, 5.74) is 3.35. The molecule has 0 saturated heterocycles. The van der Waals surface area contributed by atoms with Gasteiger partial charge in [0.15, 0.2) is 11.5 Å². The van der Waals surface area contributed by atoms with Crippen LogP contribution in [0.5, 0.6) is 11.5 Å². The molecule has 0 heterocycles. The van der Waals surface area contributed by atoms with Crippen molar-refractivity contribution in [3.05, 3.63) is 53.1 Å². The molecule has 31 heavy (non-hydrogen) atoms. The van der Waals surface area contributed by atoms with Crippen molar-refractivity contribution in [3.8, 4) is 11.5 Å². The highest BCUT2D eigenvalue weighted by molar-refractivity contribution is 7.92. The van der Waals surface area contributed by atoms with Gasteiger partial charge in [0.2, 0.25) is 15.9 Å². The van der Waals surface area contributed by atoms with Crippen molar-refractivity contribution >= 4 is 21.6 Å². The molecule has 0 radical (unpaired) electrons. The van der Waals surface area contributed by atoms with E-state index in [9.17, 15) is 13.2 Å². The molecule has 0 aromatic heterocycles. The number of carbonyl (C=O) groups excluding carboxylic acids is 1. The average molecular weight is 449 g/mol. The van der Waals surface area contributed by atoms with Crippen molar-refractivity contribution < 1.29 is 22.7 Å². The zero-order valence-electron chi connectivity index (χ0n) is 19.1. The zero-order chi connectivity index (χ0) is 23.2. The van der Waals surface area contributed by atoms with Crippen LogP contribution < -0.4 is 19.1 Å². The van der Waals surface area contributed by atoms with Crippen molar-refractivity contribution in [2.24, 2.45) is 0 Å². The van der Waals surface area contributed by atoms with Gasteiger partial charge in [-0.1, -0.05) is 19.1 Å². The van der Waals surface area contributed by atoms with Crippen LogP contribution in [0.3, 0.4) is 0 Å². The number of rotatable bonds is 10. The number of methoxy groups -OCH3 is 2. The number of aryl methyl sites for hydroxylation is 2. The molecule has 0 spiro atoms. The summed E-state index contributed by atoms with van der Waals surface area (Å²) >= 11 is 0. The van der Waals surface area contributed by atoms with Crippen LogP contribution in [0.1, 0.15) is 30.0 Å². The second-order valence-electron chi connectivity index (χ2n) is 7.56. The SMILES string of the molecule is CC[C@H](C(=O)NCCc1ccc(OC)c(OC)c1)N(c1cc(C)cc(C)c1)S(C)(=O)=O. The molecule has 0 aliphatic carbocycles. The monoisotopic (exact) mass is 448 g/mol. The lowest BCUT2D eigenvalue weighted by molar-refractivity contribution is -0.122. The Morgan fingerprint density at radius 2 is 1.65 bits per heavy atom. The third kappa shape index (κ3) is 6.37. The van der Waals surface area contributed by atoms with Gasteiger partial charge in [0, 0.05) is 6.54 Å². The van der Waals surface area contributed by atoms with Gasteiger partial charge in [-0.2, -0.15) is 0 Å². The first-order valence-corrected chi connectivity index (χ1v) is 12.0. The van der Waals surface area contributed by atoms with Gasteiger partial charge < -0.3 is 14.8 Å². The summed E-state index contributed by atoms with van der Waals surface area (Å²) in [6.07, 6.45) is 2.05. The Kier molecular flexibility index (Phi) is 8.33. The second kappa shape index (κ2) is 10.5. The van der Waals surface area contributed by atoms with E-state index in [1.54, 1.807) is 33.3 Å². The molecule has 170 valence electrons. The summed E-state index contributed by atoms with van der Waals surface area (Å²) < 4.78 is 37.0. The minimum absolute atomic E-state index is 0.326. The summed E-state index contributed by atoms with van der Waals surface area (Å²) in [5.74, 6) is 0.932. The quantitative estimate of drug-likeness (QED) is 0.603. The summed E-state index contributed by atoms with van der Waals surface area (Å²) in [6, 6.07) is 10.3. The largest absolute Gasteiger partial charge is 0.493 e. The highest BCUT2D eigenvalue weighted by Gasteiger charge is 2.31. The van der Waals surface area contributed by atoms with Gasteiger partial charge in [-0.25, -0.2) is 8.42 Å².